The Morgan fingerprint density at radius 1 is 1.06 bits per heavy atom. The molecule has 0 unspecified atom stereocenters. The summed E-state index contributed by atoms with van der Waals surface area (Å²) >= 11 is 0. The molecule has 0 saturated carbocycles. The van der Waals surface area contributed by atoms with Crippen LogP contribution in [0.3, 0.4) is 0 Å². The second kappa shape index (κ2) is 4.83. The SMILES string of the molecule is CCc1ccc(-c2ccc(O)c(C=O)c2)cc1. The molecule has 0 radical (unpaired) electrons. The molecule has 0 aromatic heterocycles. The van der Waals surface area contributed by atoms with Gasteiger partial charge < -0.3 is 5.11 Å². The molecule has 1 N–H and O–H groups in total. The third kappa shape index (κ3) is 2.36. The van der Waals surface area contributed by atoms with E-state index in [9.17, 15) is 9.90 Å². The van der Waals surface area contributed by atoms with E-state index in [1.54, 1.807) is 12.1 Å². The minimum absolute atomic E-state index is 0.0222. The summed E-state index contributed by atoms with van der Waals surface area (Å²) in [6.07, 6.45) is 1.68. The largest absolute Gasteiger partial charge is 0.507 e. The number of hydrogen-bond acceptors (Lipinski definition) is 2. The standard InChI is InChI=1S/C15H14O2/c1-2-11-3-5-12(6-4-11)13-7-8-15(17)14(9-13)10-16/h3-10,17H,2H2,1H3. The number of phenols is 1. The normalized spacial score (nSPS) is 10.2. The van der Waals surface area contributed by atoms with Gasteiger partial charge in [-0.2, -0.15) is 0 Å². The molecule has 86 valence electrons. The molecule has 0 aliphatic heterocycles. The Bertz CT molecular complexity index is 527. The predicted molar refractivity (Wildman–Crippen MR) is 68.3 cm³/mol. The average molecular weight is 226 g/mol. The molecular formula is C15H14O2. The molecule has 0 atom stereocenters. The number of hydrogen-bond donors (Lipinski definition) is 1. The van der Waals surface area contributed by atoms with Crippen LogP contribution in [0, 0.1) is 0 Å². The number of phenolic OH excluding ortho intramolecular Hbond substituents is 1. The Hall–Kier alpha value is -2.09. The van der Waals surface area contributed by atoms with Crippen LogP contribution in [-0.4, -0.2) is 11.4 Å². The Labute approximate surface area is 101 Å². The number of aryl methyl sites for hydroxylation is 1. The van der Waals surface area contributed by atoms with E-state index in [1.165, 1.54) is 5.56 Å². The van der Waals surface area contributed by atoms with Gasteiger partial charge in [-0.05, 0) is 35.2 Å². The van der Waals surface area contributed by atoms with Crippen molar-refractivity contribution in [1.29, 1.82) is 0 Å². The summed E-state index contributed by atoms with van der Waals surface area (Å²) in [6.45, 7) is 2.11. The highest BCUT2D eigenvalue weighted by atomic mass is 16.3. The zero-order valence-electron chi connectivity index (χ0n) is 9.68. The van der Waals surface area contributed by atoms with Gasteiger partial charge in [-0.1, -0.05) is 37.3 Å². The van der Waals surface area contributed by atoms with Crippen LogP contribution in [0.25, 0.3) is 11.1 Å². The van der Waals surface area contributed by atoms with Gasteiger partial charge in [0.05, 0.1) is 5.56 Å². The van der Waals surface area contributed by atoms with E-state index >= 15 is 0 Å². The van der Waals surface area contributed by atoms with E-state index in [0.29, 0.717) is 11.8 Å². The first kappa shape index (κ1) is 11.4. The molecular weight excluding hydrogens is 212 g/mol. The smallest absolute Gasteiger partial charge is 0.153 e. The zero-order chi connectivity index (χ0) is 12.3. The lowest BCUT2D eigenvalue weighted by Gasteiger charge is -2.05. The summed E-state index contributed by atoms with van der Waals surface area (Å²) in [4.78, 5) is 10.8. The van der Waals surface area contributed by atoms with Crippen LogP contribution in [0.1, 0.15) is 22.8 Å². The molecule has 17 heavy (non-hydrogen) atoms. The number of aromatic hydroxyl groups is 1. The van der Waals surface area contributed by atoms with Gasteiger partial charge in [0, 0.05) is 0 Å². The Morgan fingerprint density at radius 3 is 2.29 bits per heavy atom. The predicted octanol–water partition coefficient (Wildman–Crippen LogP) is 3.43. The molecule has 2 aromatic carbocycles. The molecule has 2 heteroatoms. The second-order valence-electron chi connectivity index (χ2n) is 3.94. The number of rotatable bonds is 3. The first-order valence-corrected chi connectivity index (χ1v) is 5.62. The van der Waals surface area contributed by atoms with Crippen LogP contribution < -0.4 is 0 Å². The third-order valence-corrected chi connectivity index (χ3v) is 2.85. The van der Waals surface area contributed by atoms with Gasteiger partial charge in [-0.25, -0.2) is 0 Å². The number of benzene rings is 2. The highest BCUT2D eigenvalue weighted by molar-refractivity contribution is 5.82. The fraction of sp³-hybridized carbons (Fsp3) is 0.133. The van der Waals surface area contributed by atoms with Gasteiger partial charge >= 0.3 is 0 Å². The maximum atomic E-state index is 10.8. The molecule has 0 fully saturated rings. The lowest BCUT2D eigenvalue weighted by atomic mass is 10.0. The quantitative estimate of drug-likeness (QED) is 0.814. The summed E-state index contributed by atoms with van der Waals surface area (Å²) in [7, 11) is 0. The van der Waals surface area contributed by atoms with Crippen molar-refractivity contribution in [2.75, 3.05) is 0 Å². The molecule has 2 aromatic rings. The number of aldehydes is 1. The highest BCUT2D eigenvalue weighted by Crippen LogP contribution is 2.25. The topological polar surface area (TPSA) is 37.3 Å². The lowest BCUT2D eigenvalue weighted by Crippen LogP contribution is -1.85. The van der Waals surface area contributed by atoms with E-state index in [1.807, 2.05) is 18.2 Å². The maximum Gasteiger partial charge on any atom is 0.153 e. The van der Waals surface area contributed by atoms with Gasteiger partial charge in [0.15, 0.2) is 6.29 Å². The van der Waals surface area contributed by atoms with Crippen LogP contribution in [0.15, 0.2) is 42.5 Å². The van der Waals surface area contributed by atoms with Gasteiger partial charge in [0.1, 0.15) is 5.75 Å². The van der Waals surface area contributed by atoms with Gasteiger partial charge in [0.2, 0.25) is 0 Å². The molecule has 0 spiro atoms. The summed E-state index contributed by atoms with van der Waals surface area (Å²) in [5, 5.41) is 9.43. The third-order valence-electron chi connectivity index (χ3n) is 2.85. The van der Waals surface area contributed by atoms with Crippen molar-refractivity contribution >= 4 is 6.29 Å². The minimum Gasteiger partial charge on any atom is -0.507 e. The second-order valence-corrected chi connectivity index (χ2v) is 3.94. The molecule has 0 heterocycles. The van der Waals surface area contributed by atoms with Crippen molar-refractivity contribution in [2.45, 2.75) is 13.3 Å². The molecule has 2 nitrogen and oxygen atoms in total. The summed E-state index contributed by atoms with van der Waals surface area (Å²) < 4.78 is 0. The van der Waals surface area contributed by atoms with E-state index in [-0.39, 0.29) is 5.75 Å². The highest BCUT2D eigenvalue weighted by Gasteiger charge is 2.03. The van der Waals surface area contributed by atoms with Crippen molar-refractivity contribution in [3.63, 3.8) is 0 Å². The molecule has 2 rings (SSSR count). The Kier molecular flexibility index (Phi) is 3.24. The van der Waals surface area contributed by atoms with Crippen molar-refractivity contribution in [2.24, 2.45) is 0 Å². The Balaban J connectivity index is 2.41. The summed E-state index contributed by atoms with van der Waals surface area (Å²) in [5.74, 6) is 0.0222. The maximum absolute atomic E-state index is 10.8. The summed E-state index contributed by atoms with van der Waals surface area (Å²) in [6, 6.07) is 13.3. The fourth-order valence-electron chi connectivity index (χ4n) is 1.76. The van der Waals surface area contributed by atoms with E-state index in [2.05, 4.69) is 19.1 Å². The Morgan fingerprint density at radius 2 is 1.71 bits per heavy atom. The van der Waals surface area contributed by atoms with Crippen LogP contribution in [0.5, 0.6) is 5.75 Å². The minimum atomic E-state index is 0.0222. The first-order valence-electron chi connectivity index (χ1n) is 5.62. The average Bonchev–Trinajstić information content (AvgIpc) is 2.39. The van der Waals surface area contributed by atoms with Crippen molar-refractivity contribution in [3.05, 3.63) is 53.6 Å². The van der Waals surface area contributed by atoms with Crippen molar-refractivity contribution in [1.82, 2.24) is 0 Å². The molecule has 0 saturated heterocycles. The first-order chi connectivity index (χ1) is 8.24. The number of carbonyl (C=O) groups excluding carboxylic acids is 1. The monoisotopic (exact) mass is 226 g/mol. The molecule has 0 bridgehead atoms. The summed E-state index contributed by atoms with van der Waals surface area (Å²) in [5.41, 5.74) is 3.59. The van der Waals surface area contributed by atoms with Crippen LogP contribution >= 0.6 is 0 Å². The van der Waals surface area contributed by atoms with Crippen LogP contribution in [0.4, 0.5) is 0 Å². The lowest BCUT2D eigenvalue weighted by molar-refractivity contribution is 0.112. The van der Waals surface area contributed by atoms with E-state index in [4.69, 9.17) is 0 Å². The molecule has 0 amide bonds. The van der Waals surface area contributed by atoms with Crippen LogP contribution in [0.2, 0.25) is 0 Å². The number of carbonyl (C=O) groups is 1. The fourth-order valence-corrected chi connectivity index (χ4v) is 1.76. The van der Waals surface area contributed by atoms with E-state index < -0.39 is 0 Å². The van der Waals surface area contributed by atoms with Crippen LogP contribution in [-0.2, 0) is 6.42 Å². The molecule has 0 aliphatic carbocycles. The van der Waals surface area contributed by atoms with E-state index in [0.717, 1.165) is 17.5 Å². The van der Waals surface area contributed by atoms with Crippen molar-refractivity contribution < 1.29 is 9.90 Å². The van der Waals surface area contributed by atoms with Gasteiger partial charge in [0.25, 0.3) is 0 Å². The van der Waals surface area contributed by atoms with Crippen molar-refractivity contribution in [3.8, 4) is 16.9 Å². The molecule has 0 aliphatic rings. The van der Waals surface area contributed by atoms with Gasteiger partial charge in [-0.15, -0.1) is 0 Å². The van der Waals surface area contributed by atoms with Gasteiger partial charge in [-0.3, -0.25) is 4.79 Å². The zero-order valence-corrected chi connectivity index (χ0v) is 9.68.